The molecule has 2 N–H and O–H groups in total. The third-order valence-corrected chi connectivity index (χ3v) is 6.27. The van der Waals surface area contributed by atoms with Gasteiger partial charge in [-0.25, -0.2) is 0 Å². The number of nitrogens with one attached hydrogen (secondary N) is 2. The molecule has 0 saturated heterocycles. The van der Waals surface area contributed by atoms with Gasteiger partial charge in [0.15, 0.2) is 5.78 Å². The zero-order chi connectivity index (χ0) is 23.1. The topological polar surface area (TPSA) is 41.1 Å². The first-order chi connectivity index (χ1) is 15.4. The minimum absolute atomic E-state index is 0. The van der Waals surface area contributed by atoms with Gasteiger partial charge in [-0.1, -0.05) is 45.0 Å². The second-order valence-corrected chi connectivity index (χ2v) is 9.33. The first-order valence-electron chi connectivity index (χ1n) is 12.1. The zero-order valence-corrected chi connectivity index (χ0v) is 20.2. The molecule has 0 aromatic heterocycles. The van der Waals surface area contributed by atoms with Gasteiger partial charge in [0.1, 0.15) is 0 Å². The van der Waals surface area contributed by atoms with Crippen molar-refractivity contribution in [1.29, 1.82) is 0 Å². The Kier molecular flexibility index (Phi) is 8.33. The molecule has 3 nitrogen and oxygen atoms in total. The Hall–Kier alpha value is -2.81. The van der Waals surface area contributed by atoms with Crippen molar-refractivity contribution < 1.29 is 7.65 Å². The summed E-state index contributed by atoms with van der Waals surface area (Å²) < 4.78 is 0. The van der Waals surface area contributed by atoms with Crippen molar-refractivity contribution in [2.75, 3.05) is 10.6 Å². The van der Waals surface area contributed by atoms with Crippen LogP contribution in [0.25, 0.3) is 12.2 Å². The summed E-state index contributed by atoms with van der Waals surface area (Å²) in [6.45, 7) is 10.9. The summed E-state index contributed by atoms with van der Waals surface area (Å²) in [7, 11) is 0. The number of carbonyl (C=O) groups excluding carboxylic acids is 1. The van der Waals surface area contributed by atoms with E-state index in [4.69, 9.17) is 0 Å². The van der Waals surface area contributed by atoms with E-state index in [9.17, 15) is 4.79 Å². The van der Waals surface area contributed by atoms with Crippen molar-refractivity contribution in [3.63, 3.8) is 0 Å². The molecule has 1 fully saturated rings. The Morgan fingerprint density at radius 1 is 0.812 bits per heavy atom. The highest BCUT2D eigenvalue weighted by molar-refractivity contribution is 6.14. The number of Topliss-reactive ketones (excluding diaryl/α,β-unsaturated/α-hetero) is 1. The minimum Gasteiger partial charge on any atom is -0.383 e. The van der Waals surface area contributed by atoms with Crippen LogP contribution in [0.4, 0.5) is 11.4 Å². The molecule has 1 saturated carbocycles. The summed E-state index contributed by atoms with van der Waals surface area (Å²) in [6.07, 6.45) is 7.98. The molecule has 0 radical (unpaired) electrons. The number of allylic oxidation sites excluding steroid dienone is 2. The molecule has 0 heterocycles. The molecule has 0 spiro atoms. The molecule has 0 amide bonds. The van der Waals surface area contributed by atoms with Gasteiger partial charge in [-0.05, 0) is 93.0 Å². The molecule has 2 aromatic rings. The van der Waals surface area contributed by atoms with Crippen LogP contribution < -0.4 is 10.6 Å². The first kappa shape index (κ1) is 23.8. The van der Waals surface area contributed by atoms with Crippen molar-refractivity contribution in [3.8, 4) is 0 Å². The Morgan fingerprint density at radius 2 is 1.19 bits per heavy atom. The number of rotatable bonds is 8. The average molecular weight is 435 g/mol. The first-order valence-corrected chi connectivity index (χ1v) is 12.1. The summed E-state index contributed by atoms with van der Waals surface area (Å²) in [6, 6.07) is 17.7. The molecule has 3 heteroatoms. The monoisotopic (exact) mass is 434 g/mol. The molecule has 0 bridgehead atoms. The Labute approximate surface area is 197 Å². The highest BCUT2D eigenvalue weighted by Crippen LogP contribution is 2.32. The second kappa shape index (κ2) is 11.2. The quantitative estimate of drug-likeness (QED) is 0.413. The van der Waals surface area contributed by atoms with Gasteiger partial charge < -0.3 is 10.6 Å². The molecule has 0 aliphatic heterocycles. The molecule has 1 aliphatic carbocycles. The predicted octanol–water partition coefficient (Wildman–Crippen LogP) is 8.07. The van der Waals surface area contributed by atoms with Crippen molar-refractivity contribution in [2.45, 2.75) is 72.4 Å². The van der Waals surface area contributed by atoms with E-state index in [1.54, 1.807) is 0 Å². The lowest BCUT2D eigenvalue weighted by molar-refractivity contribution is -0.113. The van der Waals surface area contributed by atoms with E-state index in [-0.39, 0.29) is 8.64 Å². The van der Waals surface area contributed by atoms with Gasteiger partial charge in [0.25, 0.3) is 0 Å². The smallest absolute Gasteiger partial charge is 0.185 e. The fourth-order valence-electron chi connectivity index (χ4n) is 3.99. The Bertz CT molecular complexity index is 887. The van der Waals surface area contributed by atoms with Crippen LogP contribution in [0.5, 0.6) is 0 Å². The van der Waals surface area contributed by atoms with Crippen molar-refractivity contribution in [3.05, 3.63) is 70.8 Å². The third kappa shape index (κ3) is 6.59. The van der Waals surface area contributed by atoms with Gasteiger partial charge >= 0.3 is 0 Å². The number of anilines is 2. The number of hydrogen-bond donors (Lipinski definition) is 2. The SMILES string of the molecule is CCC(C)Nc1ccc(/C=C2\CC(C)C/C(=C\c3ccc(NC(C)CC)cc3)C2=O)cc1.[HH].[HH]. The lowest BCUT2D eigenvalue weighted by Crippen LogP contribution is -2.18. The summed E-state index contributed by atoms with van der Waals surface area (Å²) >= 11 is 0. The highest BCUT2D eigenvalue weighted by Gasteiger charge is 2.25. The van der Waals surface area contributed by atoms with Gasteiger partial charge in [-0.3, -0.25) is 4.79 Å². The molecule has 3 rings (SSSR count). The zero-order valence-electron chi connectivity index (χ0n) is 20.2. The van der Waals surface area contributed by atoms with E-state index >= 15 is 0 Å². The third-order valence-electron chi connectivity index (χ3n) is 6.27. The molecule has 174 valence electrons. The molecular formula is C29H42N2O. The van der Waals surface area contributed by atoms with E-state index in [1.807, 2.05) is 0 Å². The Balaban J connectivity index is 0.00000289. The summed E-state index contributed by atoms with van der Waals surface area (Å²) in [4.78, 5) is 13.2. The molecule has 2 aromatic carbocycles. The molecule has 2 atom stereocenters. The molecule has 1 aliphatic rings. The van der Waals surface area contributed by atoms with Crippen molar-refractivity contribution >= 4 is 29.3 Å². The maximum absolute atomic E-state index is 13.2. The average Bonchev–Trinajstić information content (AvgIpc) is 2.79. The fraction of sp³-hybridized carbons (Fsp3) is 0.414. The van der Waals surface area contributed by atoms with Crippen LogP contribution >= 0.6 is 0 Å². The van der Waals surface area contributed by atoms with E-state index < -0.39 is 0 Å². The predicted molar refractivity (Wildman–Crippen MR) is 143 cm³/mol. The van der Waals surface area contributed by atoms with Crippen LogP contribution in [0.3, 0.4) is 0 Å². The van der Waals surface area contributed by atoms with E-state index in [0.717, 1.165) is 59.3 Å². The number of hydrogen-bond acceptors (Lipinski definition) is 3. The minimum atomic E-state index is 0. The van der Waals surface area contributed by atoms with Gasteiger partial charge in [-0.2, -0.15) is 0 Å². The standard InChI is InChI=1S/C29H38N2O.2H2/c1-6-21(4)30-27-12-8-23(9-13-27)18-25-16-20(3)17-26(29(25)32)19-24-10-14-28(15-11-24)31-22(5)7-2;;/h8-15,18-22,30-31H,6-7,16-17H2,1-5H3;2*1H/b25-18+,26-19+;;. The van der Waals surface area contributed by atoms with E-state index in [0.29, 0.717) is 18.0 Å². The largest absolute Gasteiger partial charge is 0.383 e. The van der Waals surface area contributed by atoms with Crippen LogP contribution in [-0.2, 0) is 4.79 Å². The summed E-state index contributed by atoms with van der Waals surface area (Å²) in [5.41, 5.74) is 6.22. The van der Waals surface area contributed by atoms with Crippen LogP contribution in [0.15, 0.2) is 59.7 Å². The van der Waals surface area contributed by atoms with E-state index in [1.165, 1.54) is 0 Å². The van der Waals surface area contributed by atoms with Crippen LogP contribution in [-0.4, -0.2) is 17.9 Å². The van der Waals surface area contributed by atoms with Crippen molar-refractivity contribution in [2.24, 2.45) is 5.92 Å². The normalized spacial score (nSPS) is 20.9. The lowest BCUT2D eigenvalue weighted by atomic mass is 9.81. The summed E-state index contributed by atoms with van der Waals surface area (Å²) in [5.74, 6) is 0.648. The highest BCUT2D eigenvalue weighted by atomic mass is 16.1. The van der Waals surface area contributed by atoms with Gasteiger partial charge in [0, 0.05) is 37.5 Å². The van der Waals surface area contributed by atoms with Crippen LogP contribution in [0.1, 0.15) is 74.3 Å². The maximum atomic E-state index is 13.2. The Morgan fingerprint density at radius 3 is 1.53 bits per heavy atom. The summed E-state index contributed by atoms with van der Waals surface area (Å²) in [5, 5.41) is 6.98. The number of ketones is 1. The molecular weight excluding hydrogens is 392 g/mol. The van der Waals surface area contributed by atoms with Crippen LogP contribution in [0.2, 0.25) is 0 Å². The second-order valence-electron chi connectivity index (χ2n) is 9.33. The van der Waals surface area contributed by atoms with Gasteiger partial charge in [0.2, 0.25) is 0 Å². The molecule has 2 unspecified atom stereocenters. The number of carbonyl (C=O) groups is 1. The van der Waals surface area contributed by atoms with Gasteiger partial charge in [0.05, 0.1) is 0 Å². The molecule has 32 heavy (non-hydrogen) atoms. The lowest BCUT2D eigenvalue weighted by Gasteiger charge is -2.23. The fourth-order valence-corrected chi connectivity index (χ4v) is 3.99. The van der Waals surface area contributed by atoms with Crippen molar-refractivity contribution in [1.82, 2.24) is 0 Å². The maximum Gasteiger partial charge on any atom is 0.185 e. The van der Waals surface area contributed by atoms with E-state index in [2.05, 4.69) is 106 Å². The number of benzene rings is 2. The van der Waals surface area contributed by atoms with Crippen LogP contribution in [0, 0.1) is 5.92 Å². The van der Waals surface area contributed by atoms with Gasteiger partial charge in [-0.15, -0.1) is 0 Å².